The molecule has 1 saturated carbocycles. The van der Waals surface area contributed by atoms with Crippen LogP contribution in [0.1, 0.15) is 56.5 Å². The topological polar surface area (TPSA) is 116 Å². The average Bonchev–Trinajstić information content (AvgIpc) is 3.24. The smallest absolute Gasteiger partial charge is 0.230 e. The molecular weight excluding hydrogens is 378 g/mol. The van der Waals surface area contributed by atoms with E-state index in [2.05, 4.69) is 15.5 Å². The van der Waals surface area contributed by atoms with Crippen molar-refractivity contribution < 1.29 is 14.0 Å². The number of nitrogens with two attached hydrogens (primary N) is 1. The molecular formula is C19H27N5O3S. The first-order valence-electron chi connectivity index (χ1n) is 9.76. The molecule has 1 aliphatic rings. The first-order chi connectivity index (χ1) is 13.6. The van der Waals surface area contributed by atoms with Gasteiger partial charge in [0.25, 0.3) is 0 Å². The highest BCUT2D eigenvalue weighted by atomic mass is 32.2. The molecule has 0 saturated heterocycles. The summed E-state index contributed by atoms with van der Waals surface area (Å²) in [6.45, 7) is 0.445. The highest BCUT2D eigenvalue weighted by Gasteiger charge is 2.18. The number of hydrogen-bond acceptors (Lipinski definition) is 6. The Morgan fingerprint density at radius 1 is 1.25 bits per heavy atom. The molecule has 1 aliphatic carbocycles. The van der Waals surface area contributed by atoms with Crippen molar-refractivity contribution in [2.45, 2.75) is 69.1 Å². The number of nitrogens with one attached hydrogen (secondary N) is 1. The third kappa shape index (κ3) is 6.12. The number of carbonyl (C=O) groups excluding carboxylic acids is 2. The standard InChI is InChI=1S/C19H27N5O3S/c20-16(25)9-10-17-22-23-19(24(17)12-15-8-5-11-27-15)28-13-18(26)21-14-6-3-1-2-4-7-14/h5,8,11,14H,1-4,6-7,9-10,12-13H2,(H2,20,25)(H,21,26). The Balaban J connectivity index is 1.61. The molecule has 0 aromatic carbocycles. The molecule has 0 bridgehead atoms. The molecule has 0 atom stereocenters. The van der Waals surface area contributed by atoms with Crippen molar-refractivity contribution in [3.63, 3.8) is 0 Å². The van der Waals surface area contributed by atoms with Gasteiger partial charge in [-0.05, 0) is 25.0 Å². The summed E-state index contributed by atoms with van der Waals surface area (Å²) >= 11 is 1.35. The molecule has 0 radical (unpaired) electrons. The van der Waals surface area contributed by atoms with Crippen LogP contribution in [0.3, 0.4) is 0 Å². The maximum atomic E-state index is 12.4. The van der Waals surface area contributed by atoms with Crippen molar-refractivity contribution in [2.24, 2.45) is 5.73 Å². The average molecular weight is 406 g/mol. The van der Waals surface area contributed by atoms with Gasteiger partial charge in [0.05, 0.1) is 18.6 Å². The van der Waals surface area contributed by atoms with Crippen molar-refractivity contribution >= 4 is 23.6 Å². The number of furan rings is 1. The van der Waals surface area contributed by atoms with Gasteiger partial charge in [-0.25, -0.2) is 0 Å². The largest absolute Gasteiger partial charge is 0.467 e. The molecule has 1 fully saturated rings. The van der Waals surface area contributed by atoms with E-state index in [-0.39, 0.29) is 30.0 Å². The van der Waals surface area contributed by atoms with Crippen LogP contribution in [-0.2, 0) is 22.6 Å². The summed E-state index contributed by atoms with van der Waals surface area (Å²) in [4.78, 5) is 23.5. The molecule has 0 spiro atoms. The number of amides is 2. The second kappa shape index (κ2) is 10.3. The first kappa shape index (κ1) is 20.4. The van der Waals surface area contributed by atoms with Gasteiger partial charge in [-0.3, -0.25) is 14.2 Å². The van der Waals surface area contributed by atoms with E-state index < -0.39 is 0 Å². The summed E-state index contributed by atoms with van der Waals surface area (Å²) in [7, 11) is 0. The molecule has 2 amide bonds. The molecule has 3 N–H and O–H groups in total. The zero-order valence-corrected chi connectivity index (χ0v) is 16.7. The van der Waals surface area contributed by atoms with Crippen LogP contribution in [0.4, 0.5) is 0 Å². The molecule has 0 aliphatic heterocycles. The zero-order valence-electron chi connectivity index (χ0n) is 15.9. The fraction of sp³-hybridized carbons (Fsp3) is 0.579. The van der Waals surface area contributed by atoms with E-state index in [9.17, 15) is 9.59 Å². The third-order valence-electron chi connectivity index (χ3n) is 4.84. The van der Waals surface area contributed by atoms with Crippen LogP contribution in [-0.4, -0.2) is 38.4 Å². The van der Waals surface area contributed by atoms with Crippen molar-refractivity contribution in [1.82, 2.24) is 20.1 Å². The Hall–Kier alpha value is -2.29. The number of primary amides is 1. The maximum Gasteiger partial charge on any atom is 0.230 e. The van der Waals surface area contributed by atoms with E-state index in [1.807, 2.05) is 16.7 Å². The fourth-order valence-corrected chi connectivity index (χ4v) is 4.15. The van der Waals surface area contributed by atoms with Crippen LogP contribution in [0.15, 0.2) is 28.0 Å². The lowest BCUT2D eigenvalue weighted by atomic mass is 10.1. The molecule has 8 nitrogen and oxygen atoms in total. The number of aromatic nitrogens is 3. The van der Waals surface area contributed by atoms with Crippen LogP contribution in [0, 0.1) is 0 Å². The number of rotatable bonds is 9. The number of aryl methyl sites for hydroxylation is 1. The van der Waals surface area contributed by atoms with Gasteiger partial charge in [0.2, 0.25) is 11.8 Å². The van der Waals surface area contributed by atoms with Crippen LogP contribution in [0.5, 0.6) is 0 Å². The minimum absolute atomic E-state index is 0.0168. The van der Waals surface area contributed by atoms with E-state index in [0.29, 0.717) is 23.9 Å². The number of thioether (sulfide) groups is 1. The van der Waals surface area contributed by atoms with Crippen LogP contribution >= 0.6 is 11.8 Å². The summed E-state index contributed by atoms with van der Waals surface area (Å²) in [5.41, 5.74) is 5.26. The Morgan fingerprint density at radius 2 is 2.04 bits per heavy atom. The van der Waals surface area contributed by atoms with E-state index >= 15 is 0 Å². The lowest BCUT2D eigenvalue weighted by Crippen LogP contribution is -2.35. The number of carbonyl (C=O) groups is 2. The number of hydrogen-bond donors (Lipinski definition) is 2. The molecule has 28 heavy (non-hydrogen) atoms. The van der Waals surface area contributed by atoms with E-state index in [4.69, 9.17) is 10.2 Å². The molecule has 2 heterocycles. The summed E-state index contributed by atoms with van der Waals surface area (Å²) in [5, 5.41) is 12.2. The predicted molar refractivity (Wildman–Crippen MR) is 106 cm³/mol. The molecule has 152 valence electrons. The second-order valence-electron chi connectivity index (χ2n) is 7.08. The second-order valence-corrected chi connectivity index (χ2v) is 8.02. The van der Waals surface area contributed by atoms with Gasteiger partial charge in [0, 0.05) is 18.9 Å². The van der Waals surface area contributed by atoms with Crippen LogP contribution in [0.25, 0.3) is 0 Å². The van der Waals surface area contributed by atoms with Gasteiger partial charge in [-0.2, -0.15) is 0 Å². The fourth-order valence-electron chi connectivity index (χ4n) is 3.39. The molecule has 0 unspecified atom stereocenters. The lowest BCUT2D eigenvalue weighted by Gasteiger charge is -2.16. The Kier molecular flexibility index (Phi) is 7.53. The van der Waals surface area contributed by atoms with Crippen molar-refractivity contribution in [2.75, 3.05) is 5.75 Å². The van der Waals surface area contributed by atoms with E-state index in [1.165, 1.54) is 37.4 Å². The van der Waals surface area contributed by atoms with Crippen molar-refractivity contribution in [1.29, 1.82) is 0 Å². The zero-order chi connectivity index (χ0) is 19.8. The maximum absolute atomic E-state index is 12.4. The van der Waals surface area contributed by atoms with Crippen molar-refractivity contribution in [3.8, 4) is 0 Å². The molecule has 2 aromatic heterocycles. The highest BCUT2D eigenvalue weighted by molar-refractivity contribution is 7.99. The van der Waals surface area contributed by atoms with Gasteiger partial charge in [0.15, 0.2) is 5.16 Å². The molecule has 3 rings (SSSR count). The van der Waals surface area contributed by atoms with Gasteiger partial charge in [-0.15, -0.1) is 10.2 Å². The van der Waals surface area contributed by atoms with Gasteiger partial charge in [0.1, 0.15) is 11.6 Å². The number of nitrogens with zero attached hydrogens (tertiary/aromatic N) is 3. The normalized spacial score (nSPS) is 15.3. The Bertz CT molecular complexity index is 767. The van der Waals surface area contributed by atoms with Gasteiger partial charge in [-0.1, -0.05) is 37.4 Å². The van der Waals surface area contributed by atoms with E-state index in [0.717, 1.165) is 18.6 Å². The third-order valence-corrected chi connectivity index (χ3v) is 5.80. The quantitative estimate of drug-likeness (QED) is 0.488. The van der Waals surface area contributed by atoms with Crippen LogP contribution in [0.2, 0.25) is 0 Å². The van der Waals surface area contributed by atoms with Crippen LogP contribution < -0.4 is 11.1 Å². The highest BCUT2D eigenvalue weighted by Crippen LogP contribution is 2.21. The summed E-state index contributed by atoms with van der Waals surface area (Å²) in [6.07, 6.45) is 9.19. The van der Waals surface area contributed by atoms with Gasteiger partial charge >= 0.3 is 0 Å². The van der Waals surface area contributed by atoms with Crippen molar-refractivity contribution in [3.05, 3.63) is 30.0 Å². The summed E-state index contributed by atoms with van der Waals surface area (Å²) < 4.78 is 7.30. The van der Waals surface area contributed by atoms with E-state index in [1.54, 1.807) is 6.26 Å². The summed E-state index contributed by atoms with van der Waals surface area (Å²) in [5.74, 6) is 1.32. The lowest BCUT2D eigenvalue weighted by molar-refractivity contribution is -0.119. The minimum Gasteiger partial charge on any atom is -0.467 e. The minimum atomic E-state index is -0.385. The molecule has 9 heteroatoms. The monoisotopic (exact) mass is 405 g/mol. The first-order valence-corrected chi connectivity index (χ1v) is 10.8. The Morgan fingerprint density at radius 3 is 2.71 bits per heavy atom. The SMILES string of the molecule is NC(=O)CCc1nnc(SCC(=O)NC2CCCCCC2)n1Cc1ccco1. The molecule has 2 aromatic rings. The summed E-state index contributed by atoms with van der Waals surface area (Å²) in [6, 6.07) is 3.96. The van der Waals surface area contributed by atoms with Gasteiger partial charge < -0.3 is 15.5 Å². The predicted octanol–water partition coefficient (Wildman–Crippen LogP) is 2.27. The Labute approximate surface area is 168 Å².